The van der Waals surface area contributed by atoms with E-state index in [0.29, 0.717) is 0 Å². The lowest BCUT2D eigenvalue weighted by Crippen LogP contribution is -2.41. The molecule has 0 saturated heterocycles. The van der Waals surface area contributed by atoms with E-state index < -0.39 is 0 Å². The number of nitrogens with zero attached hydrogens (tertiary/aromatic N) is 2. The van der Waals surface area contributed by atoms with Crippen LogP contribution in [0.25, 0.3) is 0 Å². The number of carbonyl (C=O) groups is 1. The number of aromatic amines is 1. The number of hydrogen-bond acceptors (Lipinski definition) is 3. The van der Waals surface area contributed by atoms with Crippen LogP contribution in [0.1, 0.15) is 57.0 Å². The van der Waals surface area contributed by atoms with Crippen molar-refractivity contribution in [3.8, 4) is 0 Å². The monoisotopic (exact) mass is 210 g/mol. The Morgan fingerprint density at radius 2 is 2.00 bits per heavy atom. The zero-order chi connectivity index (χ0) is 11.6. The quantitative estimate of drug-likeness (QED) is 0.776. The summed E-state index contributed by atoms with van der Waals surface area (Å²) in [6.45, 7) is 9.74. The van der Waals surface area contributed by atoms with Crippen molar-refractivity contribution >= 4 is 5.91 Å². The number of H-pyrrole nitrogens is 1. The second-order valence-electron chi connectivity index (χ2n) is 4.90. The summed E-state index contributed by atoms with van der Waals surface area (Å²) in [6.07, 6.45) is 0. The zero-order valence-corrected chi connectivity index (χ0v) is 9.88. The molecule has 1 aromatic heterocycles. The summed E-state index contributed by atoms with van der Waals surface area (Å²) in [6, 6.07) is 0. The van der Waals surface area contributed by atoms with E-state index >= 15 is 0 Å². The average molecular weight is 210 g/mol. The van der Waals surface area contributed by atoms with Gasteiger partial charge in [0, 0.05) is 11.5 Å². The molecule has 0 radical (unpaired) electrons. The molecule has 0 bridgehead atoms. The molecule has 5 nitrogen and oxygen atoms in total. The molecule has 0 aliphatic rings. The first-order valence-corrected chi connectivity index (χ1v) is 5.04. The fourth-order valence-electron chi connectivity index (χ4n) is 1.03. The number of aromatic nitrogens is 3. The Labute approximate surface area is 89.7 Å². The van der Waals surface area contributed by atoms with Crippen LogP contribution in [-0.4, -0.2) is 26.6 Å². The van der Waals surface area contributed by atoms with Crippen LogP contribution in [0, 0.1) is 0 Å². The van der Waals surface area contributed by atoms with Gasteiger partial charge in [-0.15, -0.1) is 5.10 Å². The van der Waals surface area contributed by atoms with E-state index in [-0.39, 0.29) is 23.2 Å². The zero-order valence-electron chi connectivity index (χ0n) is 9.88. The van der Waals surface area contributed by atoms with Gasteiger partial charge < -0.3 is 5.32 Å². The Morgan fingerprint density at radius 3 is 2.40 bits per heavy atom. The molecule has 0 aliphatic carbocycles. The SMILES string of the molecule is CC(C)c1nc(C(=O)NC(C)(C)C)n[nH]1. The molecular weight excluding hydrogens is 192 g/mol. The number of amides is 1. The van der Waals surface area contributed by atoms with Gasteiger partial charge in [-0.05, 0) is 20.8 Å². The lowest BCUT2D eigenvalue weighted by atomic mass is 10.1. The molecule has 1 amide bonds. The van der Waals surface area contributed by atoms with Gasteiger partial charge in [0.2, 0.25) is 5.82 Å². The molecule has 0 spiro atoms. The van der Waals surface area contributed by atoms with Crippen LogP contribution in [0.15, 0.2) is 0 Å². The Morgan fingerprint density at radius 1 is 1.40 bits per heavy atom. The molecule has 0 fully saturated rings. The van der Waals surface area contributed by atoms with E-state index in [1.165, 1.54) is 0 Å². The van der Waals surface area contributed by atoms with E-state index in [4.69, 9.17) is 0 Å². The van der Waals surface area contributed by atoms with Crippen molar-refractivity contribution in [1.82, 2.24) is 20.5 Å². The van der Waals surface area contributed by atoms with E-state index in [9.17, 15) is 4.79 Å². The lowest BCUT2D eigenvalue weighted by molar-refractivity contribution is 0.0909. The second kappa shape index (κ2) is 4.00. The molecule has 84 valence electrons. The molecular formula is C10H18N4O. The lowest BCUT2D eigenvalue weighted by Gasteiger charge is -2.18. The third-order valence-corrected chi connectivity index (χ3v) is 1.74. The Hall–Kier alpha value is -1.39. The van der Waals surface area contributed by atoms with Crippen LogP contribution in [0.4, 0.5) is 0 Å². The van der Waals surface area contributed by atoms with Crippen LogP contribution in [0.3, 0.4) is 0 Å². The third-order valence-electron chi connectivity index (χ3n) is 1.74. The molecule has 5 heteroatoms. The smallest absolute Gasteiger partial charge is 0.291 e. The minimum Gasteiger partial charge on any atom is -0.345 e. The van der Waals surface area contributed by atoms with Gasteiger partial charge in [-0.2, -0.15) is 0 Å². The molecule has 15 heavy (non-hydrogen) atoms. The van der Waals surface area contributed by atoms with E-state index in [1.54, 1.807) is 0 Å². The van der Waals surface area contributed by atoms with Gasteiger partial charge in [0.25, 0.3) is 5.91 Å². The molecule has 0 saturated carbocycles. The van der Waals surface area contributed by atoms with Crippen molar-refractivity contribution < 1.29 is 4.79 Å². The van der Waals surface area contributed by atoms with Crippen molar-refractivity contribution in [2.75, 3.05) is 0 Å². The summed E-state index contributed by atoms with van der Waals surface area (Å²) in [5.41, 5.74) is -0.268. The highest BCUT2D eigenvalue weighted by Gasteiger charge is 2.19. The second-order valence-corrected chi connectivity index (χ2v) is 4.90. The van der Waals surface area contributed by atoms with Gasteiger partial charge in [0.1, 0.15) is 5.82 Å². The topological polar surface area (TPSA) is 70.7 Å². The highest BCUT2D eigenvalue weighted by atomic mass is 16.2. The predicted octanol–water partition coefficient (Wildman–Crippen LogP) is 1.46. The van der Waals surface area contributed by atoms with Crippen molar-refractivity contribution in [3.05, 3.63) is 11.6 Å². The molecule has 0 aromatic carbocycles. The summed E-state index contributed by atoms with van der Waals surface area (Å²) in [5.74, 6) is 0.932. The predicted molar refractivity (Wildman–Crippen MR) is 57.7 cm³/mol. The maximum atomic E-state index is 11.6. The van der Waals surface area contributed by atoms with Gasteiger partial charge in [0.15, 0.2) is 0 Å². The largest absolute Gasteiger partial charge is 0.345 e. The summed E-state index contributed by atoms with van der Waals surface area (Å²) in [7, 11) is 0. The molecule has 0 atom stereocenters. The molecule has 2 N–H and O–H groups in total. The van der Waals surface area contributed by atoms with Crippen LogP contribution in [0.2, 0.25) is 0 Å². The Kier molecular flexibility index (Phi) is 3.12. The molecule has 1 aromatic rings. The standard InChI is InChI=1S/C10H18N4O/c1-6(2)7-11-8(14-13-7)9(15)12-10(3,4)5/h6H,1-5H3,(H,12,15)(H,11,13,14). The van der Waals surface area contributed by atoms with Crippen LogP contribution < -0.4 is 5.32 Å². The summed E-state index contributed by atoms with van der Waals surface area (Å²) in [4.78, 5) is 15.8. The van der Waals surface area contributed by atoms with Gasteiger partial charge in [-0.3, -0.25) is 9.89 Å². The molecule has 1 rings (SSSR count). The fraction of sp³-hybridized carbons (Fsp3) is 0.700. The minimum atomic E-state index is -0.268. The molecule has 0 unspecified atom stereocenters. The number of nitrogens with one attached hydrogen (secondary N) is 2. The summed E-state index contributed by atoms with van der Waals surface area (Å²) in [5, 5.41) is 9.43. The van der Waals surface area contributed by atoms with Crippen LogP contribution >= 0.6 is 0 Å². The molecule has 0 aliphatic heterocycles. The van der Waals surface area contributed by atoms with E-state index in [2.05, 4.69) is 20.5 Å². The first kappa shape index (κ1) is 11.7. The van der Waals surface area contributed by atoms with E-state index in [0.717, 1.165) is 5.82 Å². The van der Waals surface area contributed by atoms with Crippen LogP contribution in [0.5, 0.6) is 0 Å². The first-order valence-electron chi connectivity index (χ1n) is 5.04. The number of hydrogen-bond donors (Lipinski definition) is 2. The van der Waals surface area contributed by atoms with Crippen molar-refractivity contribution in [2.24, 2.45) is 0 Å². The van der Waals surface area contributed by atoms with Gasteiger partial charge >= 0.3 is 0 Å². The van der Waals surface area contributed by atoms with Crippen molar-refractivity contribution in [1.29, 1.82) is 0 Å². The van der Waals surface area contributed by atoms with E-state index in [1.807, 2.05) is 34.6 Å². The van der Waals surface area contributed by atoms with Gasteiger partial charge in [0.05, 0.1) is 0 Å². The highest BCUT2D eigenvalue weighted by Crippen LogP contribution is 2.08. The van der Waals surface area contributed by atoms with Crippen molar-refractivity contribution in [3.63, 3.8) is 0 Å². The Bertz CT molecular complexity index is 349. The first-order chi connectivity index (χ1) is 6.79. The Balaban J connectivity index is 2.75. The summed E-state index contributed by atoms with van der Waals surface area (Å²) >= 11 is 0. The average Bonchev–Trinajstić information content (AvgIpc) is 2.47. The van der Waals surface area contributed by atoms with Crippen molar-refractivity contribution in [2.45, 2.75) is 46.1 Å². The number of carbonyl (C=O) groups excluding carboxylic acids is 1. The summed E-state index contributed by atoms with van der Waals surface area (Å²) < 4.78 is 0. The normalized spacial score (nSPS) is 11.9. The third kappa shape index (κ3) is 3.34. The van der Waals surface area contributed by atoms with Gasteiger partial charge in [-0.25, -0.2) is 4.98 Å². The molecule has 1 heterocycles. The maximum Gasteiger partial charge on any atom is 0.291 e. The fourth-order valence-corrected chi connectivity index (χ4v) is 1.03. The van der Waals surface area contributed by atoms with Crippen LogP contribution in [-0.2, 0) is 0 Å². The maximum absolute atomic E-state index is 11.6. The minimum absolute atomic E-state index is 0.202. The highest BCUT2D eigenvalue weighted by molar-refractivity contribution is 5.90. The van der Waals surface area contributed by atoms with Gasteiger partial charge in [-0.1, -0.05) is 13.8 Å². The number of rotatable bonds is 2.